The topological polar surface area (TPSA) is 48.4 Å². The van der Waals surface area contributed by atoms with Crippen LogP contribution < -0.4 is 5.73 Å². The van der Waals surface area contributed by atoms with E-state index < -0.39 is 0 Å². The van der Waals surface area contributed by atoms with Gasteiger partial charge in [-0.15, -0.1) is 0 Å². The van der Waals surface area contributed by atoms with Crippen LogP contribution in [0.4, 0.5) is 0 Å². The first-order valence-electron chi connectivity index (χ1n) is 7.46. The fourth-order valence-corrected chi connectivity index (χ4v) is 2.76. The van der Waals surface area contributed by atoms with E-state index >= 15 is 0 Å². The molecule has 0 amide bonds. The van der Waals surface area contributed by atoms with Crippen molar-refractivity contribution in [3.05, 3.63) is 24.2 Å². The van der Waals surface area contributed by atoms with E-state index in [2.05, 4.69) is 20.8 Å². The van der Waals surface area contributed by atoms with Gasteiger partial charge in [-0.05, 0) is 49.7 Å². The molecule has 2 atom stereocenters. The van der Waals surface area contributed by atoms with Gasteiger partial charge in [0.2, 0.25) is 0 Å². The Morgan fingerprint density at radius 3 is 2.63 bits per heavy atom. The summed E-state index contributed by atoms with van der Waals surface area (Å²) in [5, 5.41) is 0. The van der Waals surface area contributed by atoms with Gasteiger partial charge in [0.1, 0.15) is 11.9 Å². The molecule has 1 fully saturated rings. The maximum Gasteiger partial charge on any atom is 0.134 e. The number of ether oxygens (including phenoxy) is 1. The molecule has 108 valence electrons. The van der Waals surface area contributed by atoms with Crippen molar-refractivity contribution < 1.29 is 9.15 Å². The van der Waals surface area contributed by atoms with Crippen LogP contribution in [0.5, 0.6) is 0 Å². The summed E-state index contributed by atoms with van der Waals surface area (Å²) in [5.41, 5.74) is 6.66. The Hall–Kier alpha value is -0.800. The largest absolute Gasteiger partial charge is 0.467 e. The monoisotopic (exact) mass is 265 g/mol. The lowest BCUT2D eigenvalue weighted by Crippen LogP contribution is -2.34. The number of hydrogen-bond acceptors (Lipinski definition) is 3. The molecular formula is C16H27NO2. The van der Waals surface area contributed by atoms with E-state index in [1.807, 2.05) is 12.1 Å². The molecule has 1 saturated carbocycles. The Kier molecular flexibility index (Phi) is 4.69. The Labute approximate surface area is 116 Å². The number of furan rings is 1. The molecule has 0 saturated heterocycles. The van der Waals surface area contributed by atoms with E-state index in [0.29, 0.717) is 11.5 Å². The standard InChI is InChI=1S/C16H27NO2/c1-4-13(17)15(14-6-5-11-18-14)19-12-7-9-16(2,3)10-8-12/h5-6,11-13,15H,4,7-10,17H2,1-3H3. The minimum atomic E-state index is -0.105. The second-order valence-electron chi connectivity index (χ2n) is 6.51. The number of nitrogens with two attached hydrogens (primary N) is 1. The predicted molar refractivity (Wildman–Crippen MR) is 76.8 cm³/mol. The molecule has 0 aliphatic heterocycles. The van der Waals surface area contributed by atoms with Gasteiger partial charge < -0.3 is 14.9 Å². The van der Waals surface area contributed by atoms with Crippen molar-refractivity contribution in [3.63, 3.8) is 0 Å². The van der Waals surface area contributed by atoms with Gasteiger partial charge in [0, 0.05) is 6.04 Å². The van der Waals surface area contributed by atoms with Crippen LogP contribution in [-0.2, 0) is 4.74 Å². The number of hydrogen-bond donors (Lipinski definition) is 1. The Bertz CT molecular complexity index is 362. The zero-order valence-corrected chi connectivity index (χ0v) is 12.4. The van der Waals surface area contributed by atoms with Gasteiger partial charge in [-0.25, -0.2) is 0 Å². The zero-order chi connectivity index (χ0) is 13.9. The van der Waals surface area contributed by atoms with Gasteiger partial charge >= 0.3 is 0 Å². The molecule has 1 heterocycles. The fraction of sp³-hybridized carbons (Fsp3) is 0.750. The summed E-state index contributed by atoms with van der Waals surface area (Å²) in [7, 11) is 0. The molecule has 0 spiro atoms. The third-order valence-electron chi connectivity index (χ3n) is 4.31. The average molecular weight is 265 g/mol. The maximum absolute atomic E-state index is 6.26. The van der Waals surface area contributed by atoms with Gasteiger partial charge in [0.15, 0.2) is 0 Å². The van der Waals surface area contributed by atoms with E-state index in [1.165, 1.54) is 12.8 Å². The minimum Gasteiger partial charge on any atom is -0.467 e. The first kappa shape index (κ1) is 14.6. The minimum absolute atomic E-state index is 0.00101. The van der Waals surface area contributed by atoms with Crippen LogP contribution in [0.3, 0.4) is 0 Å². The third-order valence-corrected chi connectivity index (χ3v) is 4.31. The molecular weight excluding hydrogens is 238 g/mol. The predicted octanol–water partition coefficient (Wildman–Crippen LogP) is 4.04. The normalized spacial score (nSPS) is 23.2. The molecule has 1 aliphatic carbocycles. The number of rotatable bonds is 5. The van der Waals surface area contributed by atoms with Gasteiger partial charge in [-0.3, -0.25) is 0 Å². The lowest BCUT2D eigenvalue weighted by molar-refractivity contribution is -0.0656. The van der Waals surface area contributed by atoms with Crippen molar-refractivity contribution in [2.45, 2.75) is 71.1 Å². The Morgan fingerprint density at radius 2 is 2.11 bits per heavy atom. The molecule has 3 nitrogen and oxygen atoms in total. The first-order chi connectivity index (χ1) is 9.02. The third kappa shape index (κ3) is 3.83. The van der Waals surface area contributed by atoms with Crippen molar-refractivity contribution in [1.29, 1.82) is 0 Å². The van der Waals surface area contributed by atoms with Crippen LogP contribution in [0.15, 0.2) is 22.8 Å². The van der Waals surface area contributed by atoms with Crippen LogP contribution in [0, 0.1) is 5.41 Å². The summed E-state index contributed by atoms with van der Waals surface area (Å²) in [6.07, 6.45) is 7.50. The zero-order valence-electron chi connectivity index (χ0n) is 12.4. The summed E-state index contributed by atoms with van der Waals surface area (Å²) in [6, 6.07) is 3.87. The van der Waals surface area contributed by atoms with Gasteiger partial charge in [0.25, 0.3) is 0 Å². The van der Waals surface area contributed by atoms with Crippen LogP contribution in [0.1, 0.15) is 64.7 Å². The van der Waals surface area contributed by atoms with Gasteiger partial charge in [-0.2, -0.15) is 0 Å². The van der Waals surface area contributed by atoms with E-state index in [9.17, 15) is 0 Å². The highest BCUT2D eigenvalue weighted by molar-refractivity contribution is 5.05. The molecule has 1 aromatic rings. The molecule has 0 radical (unpaired) electrons. The van der Waals surface area contributed by atoms with Crippen molar-refractivity contribution in [3.8, 4) is 0 Å². The van der Waals surface area contributed by atoms with Crippen LogP contribution >= 0.6 is 0 Å². The molecule has 1 aromatic heterocycles. The molecule has 19 heavy (non-hydrogen) atoms. The smallest absolute Gasteiger partial charge is 0.134 e. The first-order valence-corrected chi connectivity index (χ1v) is 7.46. The van der Waals surface area contributed by atoms with E-state index in [-0.39, 0.29) is 12.1 Å². The van der Waals surface area contributed by atoms with Crippen LogP contribution in [-0.4, -0.2) is 12.1 Å². The molecule has 0 bridgehead atoms. The highest BCUT2D eigenvalue weighted by atomic mass is 16.5. The van der Waals surface area contributed by atoms with Gasteiger partial charge in [-0.1, -0.05) is 20.8 Å². The molecule has 0 aromatic carbocycles. The van der Waals surface area contributed by atoms with E-state index in [0.717, 1.165) is 25.0 Å². The fourth-order valence-electron chi connectivity index (χ4n) is 2.76. The van der Waals surface area contributed by atoms with Crippen LogP contribution in [0.25, 0.3) is 0 Å². The van der Waals surface area contributed by atoms with Crippen molar-refractivity contribution in [1.82, 2.24) is 0 Å². The van der Waals surface area contributed by atoms with Gasteiger partial charge in [0.05, 0.1) is 12.4 Å². The lowest BCUT2D eigenvalue weighted by atomic mass is 9.76. The van der Waals surface area contributed by atoms with Crippen molar-refractivity contribution in [2.24, 2.45) is 11.1 Å². The van der Waals surface area contributed by atoms with Crippen LogP contribution in [0.2, 0.25) is 0 Å². The SMILES string of the molecule is CCC(N)C(OC1CCC(C)(C)CC1)c1ccco1. The highest BCUT2D eigenvalue weighted by Crippen LogP contribution is 2.38. The molecule has 1 aliphatic rings. The summed E-state index contributed by atoms with van der Waals surface area (Å²) in [4.78, 5) is 0. The summed E-state index contributed by atoms with van der Waals surface area (Å²) in [6.45, 7) is 6.77. The summed E-state index contributed by atoms with van der Waals surface area (Å²) < 4.78 is 11.8. The summed E-state index contributed by atoms with van der Waals surface area (Å²) >= 11 is 0. The maximum atomic E-state index is 6.26. The summed E-state index contributed by atoms with van der Waals surface area (Å²) in [5.74, 6) is 0.860. The van der Waals surface area contributed by atoms with E-state index in [4.69, 9.17) is 14.9 Å². The Balaban J connectivity index is 1.98. The quantitative estimate of drug-likeness (QED) is 0.874. The second-order valence-corrected chi connectivity index (χ2v) is 6.51. The van der Waals surface area contributed by atoms with Crippen molar-refractivity contribution >= 4 is 0 Å². The molecule has 2 N–H and O–H groups in total. The highest BCUT2D eigenvalue weighted by Gasteiger charge is 2.31. The molecule has 2 unspecified atom stereocenters. The Morgan fingerprint density at radius 1 is 1.42 bits per heavy atom. The second kappa shape index (κ2) is 6.10. The lowest BCUT2D eigenvalue weighted by Gasteiger charge is -2.36. The average Bonchev–Trinajstić information content (AvgIpc) is 2.90. The molecule has 3 heteroatoms. The van der Waals surface area contributed by atoms with Crippen molar-refractivity contribution in [2.75, 3.05) is 0 Å². The molecule has 2 rings (SSSR count). The van der Waals surface area contributed by atoms with E-state index in [1.54, 1.807) is 6.26 Å².